The summed E-state index contributed by atoms with van der Waals surface area (Å²) in [5.41, 5.74) is 3.37. The zero-order valence-electron chi connectivity index (χ0n) is 9.98. The molecule has 0 aliphatic carbocycles. The summed E-state index contributed by atoms with van der Waals surface area (Å²) in [6.45, 7) is 3.08. The lowest BCUT2D eigenvalue weighted by Gasteiger charge is -2.08. The quantitative estimate of drug-likeness (QED) is 0.402. The molecule has 0 amide bonds. The van der Waals surface area contributed by atoms with E-state index in [9.17, 15) is 0 Å². The van der Waals surface area contributed by atoms with E-state index in [4.69, 9.17) is 5.84 Å². The van der Waals surface area contributed by atoms with Gasteiger partial charge in [0.25, 0.3) is 0 Å². The number of imidazole rings is 1. The molecule has 2 heterocycles. The van der Waals surface area contributed by atoms with Gasteiger partial charge in [-0.15, -0.1) is 0 Å². The fourth-order valence-electron chi connectivity index (χ4n) is 1.70. The molecule has 2 rings (SSSR count). The number of rotatable bonds is 6. The molecule has 0 unspecified atom stereocenters. The lowest BCUT2D eigenvalue weighted by Crippen LogP contribution is -2.12. The Morgan fingerprint density at radius 2 is 2.29 bits per heavy atom. The zero-order valence-corrected chi connectivity index (χ0v) is 9.98. The first-order valence-corrected chi connectivity index (χ1v) is 5.89. The highest BCUT2D eigenvalue weighted by atomic mass is 15.3. The topological polar surface area (TPSA) is 80.3 Å². The Bertz CT molecular complexity index is 478. The predicted octanol–water partition coefficient (Wildman–Crippen LogP) is 1.62. The number of fused-ring (bicyclic) bond motifs is 1. The molecule has 6 heteroatoms. The van der Waals surface area contributed by atoms with Gasteiger partial charge in [0.2, 0.25) is 0 Å². The number of nitrogen functional groups attached to an aromatic ring is 1. The Morgan fingerprint density at radius 1 is 1.41 bits per heavy atom. The minimum absolute atomic E-state index is 0.619. The lowest BCUT2D eigenvalue weighted by atomic mass is 10.2. The summed E-state index contributed by atoms with van der Waals surface area (Å²) >= 11 is 0. The van der Waals surface area contributed by atoms with Crippen LogP contribution in [0.15, 0.2) is 18.6 Å². The van der Waals surface area contributed by atoms with Crippen molar-refractivity contribution in [3.05, 3.63) is 18.6 Å². The van der Waals surface area contributed by atoms with Gasteiger partial charge in [0, 0.05) is 18.9 Å². The van der Waals surface area contributed by atoms with E-state index in [1.54, 1.807) is 12.4 Å². The second-order valence-corrected chi connectivity index (χ2v) is 3.91. The van der Waals surface area contributed by atoms with Crippen molar-refractivity contribution in [2.75, 3.05) is 17.3 Å². The van der Waals surface area contributed by atoms with Crippen LogP contribution in [-0.4, -0.2) is 20.9 Å². The molecule has 4 N–H and O–H groups in total. The van der Waals surface area contributed by atoms with E-state index in [-0.39, 0.29) is 0 Å². The maximum atomic E-state index is 5.38. The minimum atomic E-state index is 0.619. The molecule has 17 heavy (non-hydrogen) atoms. The van der Waals surface area contributed by atoms with E-state index < -0.39 is 0 Å². The number of nitrogens with zero attached hydrogens (tertiary/aromatic N) is 3. The van der Waals surface area contributed by atoms with E-state index in [1.807, 2.05) is 10.6 Å². The van der Waals surface area contributed by atoms with Crippen molar-refractivity contribution in [1.29, 1.82) is 0 Å². The summed E-state index contributed by atoms with van der Waals surface area (Å²) in [4.78, 5) is 8.62. The van der Waals surface area contributed by atoms with Gasteiger partial charge < -0.3 is 15.1 Å². The maximum absolute atomic E-state index is 5.38. The molecule has 2 aromatic rings. The lowest BCUT2D eigenvalue weighted by molar-refractivity contribution is 0.742. The number of aromatic nitrogens is 3. The maximum Gasteiger partial charge on any atom is 0.180 e. The van der Waals surface area contributed by atoms with Crippen molar-refractivity contribution in [2.24, 2.45) is 5.84 Å². The molecule has 92 valence electrons. The van der Waals surface area contributed by atoms with Crippen molar-refractivity contribution in [2.45, 2.75) is 26.2 Å². The Hall–Kier alpha value is -1.82. The Kier molecular flexibility index (Phi) is 3.77. The van der Waals surface area contributed by atoms with E-state index in [2.05, 4.69) is 27.6 Å². The van der Waals surface area contributed by atoms with Crippen molar-refractivity contribution < 1.29 is 0 Å². The summed E-state index contributed by atoms with van der Waals surface area (Å²) in [6, 6.07) is 0. The SMILES string of the molecule is CCCCCNc1nc(NN)cn2ccnc12. The molecule has 0 aromatic carbocycles. The fourth-order valence-corrected chi connectivity index (χ4v) is 1.70. The standard InChI is InChI=1S/C11H18N6/c1-2-3-4-5-13-10-11-14-6-7-17(11)8-9(15-10)16-12/h6-8,16H,2-5,12H2,1H3,(H,13,15). The summed E-state index contributed by atoms with van der Waals surface area (Å²) in [5.74, 6) is 6.77. The van der Waals surface area contributed by atoms with Crippen LogP contribution in [0.4, 0.5) is 11.6 Å². The molecule has 0 aliphatic rings. The minimum Gasteiger partial charge on any atom is -0.367 e. The van der Waals surface area contributed by atoms with Crippen LogP contribution in [0.2, 0.25) is 0 Å². The number of unbranched alkanes of at least 4 members (excludes halogenated alkanes) is 2. The van der Waals surface area contributed by atoms with Crippen molar-refractivity contribution in [3.8, 4) is 0 Å². The van der Waals surface area contributed by atoms with Crippen LogP contribution in [-0.2, 0) is 0 Å². The Balaban J connectivity index is 2.16. The van der Waals surface area contributed by atoms with E-state index >= 15 is 0 Å². The zero-order chi connectivity index (χ0) is 12.1. The van der Waals surface area contributed by atoms with Gasteiger partial charge in [0.1, 0.15) is 0 Å². The van der Waals surface area contributed by atoms with Gasteiger partial charge in [0.05, 0.1) is 6.20 Å². The Morgan fingerprint density at radius 3 is 3.06 bits per heavy atom. The Labute approximate surface area is 100 Å². The number of hydrazine groups is 1. The van der Waals surface area contributed by atoms with Crippen LogP contribution in [0.3, 0.4) is 0 Å². The number of hydrogen-bond donors (Lipinski definition) is 3. The van der Waals surface area contributed by atoms with Crippen molar-refractivity contribution in [3.63, 3.8) is 0 Å². The fraction of sp³-hybridized carbons (Fsp3) is 0.455. The second-order valence-electron chi connectivity index (χ2n) is 3.91. The average molecular weight is 234 g/mol. The predicted molar refractivity (Wildman–Crippen MR) is 68.8 cm³/mol. The molecule has 0 radical (unpaired) electrons. The summed E-state index contributed by atoms with van der Waals surface area (Å²) in [5, 5.41) is 3.29. The van der Waals surface area contributed by atoms with Gasteiger partial charge in [-0.1, -0.05) is 19.8 Å². The van der Waals surface area contributed by atoms with Gasteiger partial charge in [-0.05, 0) is 6.42 Å². The highest BCUT2D eigenvalue weighted by Gasteiger charge is 2.05. The molecule has 0 bridgehead atoms. The first-order valence-electron chi connectivity index (χ1n) is 5.89. The van der Waals surface area contributed by atoms with Crippen LogP contribution in [0.1, 0.15) is 26.2 Å². The first kappa shape index (κ1) is 11.7. The van der Waals surface area contributed by atoms with Gasteiger partial charge in [-0.2, -0.15) is 0 Å². The highest BCUT2D eigenvalue weighted by Crippen LogP contribution is 2.15. The molecule has 6 nitrogen and oxygen atoms in total. The third-order valence-electron chi connectivity index (χ3n) is 2.59. The molecule has 2 aromatic heterocycles. The van der Waals surface area contributed by atoms with Crippen molar-refractivity contribution >= 4 is 17.3 Å². The van der Waals surface area contributed by atoms with E-state index in [0.29, 0.717) is 5.82 Å². The van der Waals surface area contributed by atoms with Crippen LogP contribution >= 0.6 is 0 Å². The molecule has 0 saturated heterocycles. The largest absolute Gasteiger partial charge is 0.367 e. The van der Waals surface area contributed by atoms with Crippen LogP contribution in [0.25, 0.3) is 5.65 Å². The smallest absolute Gasteiger partial charge is 0.180 e. The molecule has 0 atom stereocenters. The van der Waals surface area contributed by atoms with Gasteiger partial charge in [-0.25, -0.2) is 15.8 Å². The monoisotopic (exact) mass is 234 g/mol. The molecular formula is C11H18N6. The third-order valence-corrected chi connectivity index (χ3v) is 2.59. The van der Waals surface area contributed by atoms with Crippen LogP contribution in [0, 0.1) is 0 Å². The van der Waals surface area contributed by atoms with Crippen LogP contribution < -0.4 is 16.6 Å². The molecule has 0 fully saturated rings. The van der Waals surface area contributed by atoms with Gasteiger partial charge in [0.15, 0.2) is 17.3 Å². The van der Waals surface area contributed by atoms with Crippen molar-refractivity contribution in [1.82, 2.24) is 14.4 Å². The number of anilines is 2. The highest BCUT2D eigenvalue weighted by molar-refractivity contribution is 5.65. The average Bonchev–Trinajstić information content (AvgIpc) is 2.82. The van der Waals surface area contributed by atoms with Gasteiger partial charge in [-0.3, -0.25) is 0 Å². The normalized spacial score (nSPS) is 10.7. The van der Waals surface area contributed by atoms with Crippen LogP contribution in [0.5, 0.6) is 0 Å². The molecule has 0 saturated carbocycles. The summed E-state index contributed by atoms with van der Waals surface area (Å²) < 4.78 is 1.89. The number of hydrogen-bond acceptors (Lipinski definition) is 5. The van der Waals surface area contributed by atoms with E-state index in [1.165, 1.54) is 12.8 Å². The molecular weight excluding hydrogens is 216 g/mol. The second kappa shape index (κ2) is 5.49. The number of nitrogens with two attached hydrogens (primary N) is 1. The molecule has 0 aliphatic heterocycles. The summed E-state index contributed by atoms with van der Waals surface area (Å²) in [7, 11) is 0. The third kappa shape index (κ3) is 2.65. The molecule has 0 spiro atoms. The van der Waals surface area contributed by atoms with E-state index in [0.717, 1.165) is 24.4 Å². The first-order chi connectivity index (χ1) is 8.35. The number of nitrogens with one attached hydrogen (secondary N) is 2. The van der Waals surface area contributed by atoms with Gasteiger partial charge >= 0.3 is 0 Å². The summed E-state index contributed by atoms with van der Waals surface area (Å²) in [6.07, 6.45) is 8.97.